The molecule has 0 spiro atoms. The number of nitrogens with zero attached hydrogens (tertiary/aromatic N) is 4. The van der Waals surface area contributed by atoms with E-state index < -0.39 is 0 Å². The second-order valence-electron chi connectivity index (χ2n) is 6.68. The number of nitrogens with one attached hydrogen (secondary N) is 1. The quantitative estimate of drug-likeness (QED) is 0.625. The molecule has 1 aromatic carbocycles. The van der Waals surface area contributed by atoms with Crippen LogP contribution in [-0.4, -0.2) is 31.8 Å². The molecule has 9 heteroatoms. The van der Waals surface area contributed by atoms with Crippen LogP contribution in [0.25, 0.3) is 10.6 Å². The molecule has 3 aromatic rings. The van der Waals surface area contributed by atoms with Gasteiger partial charge in [-0.15, -0.1) is 11.3 Å². The Bertz CT molecular complexity index is 1040. The van der Waals surface area contributed by atoms with Crippen molar-refractivity contribution in [1.29, 1.82) is 0 Å². The molecule has 0 saturated heterocycles. The summed E-state index contributed by atoms with van der Waals surface area (Å²) < 4.78 is 3.27. The van der Waals surface area contributed by atoms with Crippen molar-refractivity contribution in [3.63, 3.8) is 0 Å². The highest BCUT2D eigenvalue weighted by Crippen LogP contribution is 2.25. The van der Waals surface area contributed by atoms with Crippen molar-refractivity contribution in [2.45, 2.75) is 38.8 Å². The maximum absolute atomic E-state index is 12.3. The zero-order valence-electron chi connectivity index (χ0n) is 15.2. The minimum Gasteiger partial charge on any atom is -0.351 e. The average molecular weight is 418 g/mol. The molecule has 28 heavy (non-hydrogen) atoms. The smallest absolute Gasteiger partial charge is 0.345 e. The first kappa shape index (κ1) is 18.9. The molecule has 1 amide bonds. The van der Waals surface area contributed by atoms with Crippen LogP contribution in [-0.2, 0) is 19.5 Å². The van der Waals surface area contributed by atoms with Gasteiger partial charge < -0.3 is 5.32 Å². The number of amides is 1. The van der Waals surface area contributed by atoms with Gasteiger partial charge in [0.2, 0.25) is 0 Å². The van der Waals surface area contributed by atoms with Gasteiger partial charge in [-0.05, 0) is 31.4 Å². The Labute approximate surface area is 171 Å². The van der Waals surface area contributed by atoms with E-state index in [1.165, 1.54) is 16.0 Å². The largest absolute Gasteiger partial charge is 0.351 e. The zero-order valence-corrected chi connectivity index (χ0v) is 16.8. The Morgan fingerprint density at radius 3 is 2.86 bits per heavy atom. The lowest BCUT2D eigenvalue weighted by molar-refractivity contribution is 0.0948. The van der Waals surface area contributed by atoms with Gasteiger partial charge in [-0.2, -0.15) is 5.10 Å². The highest BCUT2D eigenvalue weighted by molar-refractivity contribution is 7.13. The first-order chi connectivity index (χ1) is 13.6. The minimum absolute atomic E-state index is 0.0480. The number of aromatic nitrogens is 4. The van der Waals surface area contributed by atoms with Gasteiger partial charge in [-0.3, -0.25) is 9.36 Å². The van der Waals surface area contributed by atoms with E-state index in [9.17, 15) is 9.59 Å². The van der Waals surface area contributed by atoms with Gasteiger partial charge >= 0.3 is 5.69 Å². The molecule has 0 unspecified atom stereocenters. The number of thiazole rings is 1. The molecule has 0 fully saturated rings. The molecular formula is C19H20ClN5O2S. The lowest BCUT2D eigenvalue weighted by Crippen LogP contribution is -2.29. The summed E-state index contributed by atoms with van der Waals surface area (Å²) in [6.45, 7) is 1.71. The summed E-state index contributed by atoms with van der Waals surface area (Å²) in [4.78, 5) is 29.0. The van der Waals surface area contributed by atoms with Crippen LogP contribution in [0.1, 0.15) is 35.6 Å². The van der Waals surface area contributed by atoms with Gasteiger partial charge in [-0.25, -0.2) is 14.5 Å². The van der Waals surface area contributed by atoms with Crippen molar-refractivity contribution in [2.75, 3.05) is 6.54 Å². The monoisotopic (exact) mass is 417 g/mol. The van der Waals surface area contributed by atoms with Crippen LogP contribution in [0.4, 0.5) is 0 Å². The molecular weight excluding hydrogens is 398 g/mol. The molecule has 1 N–H and O–H groups in total. The van der Waals surface area contributed by atoms with Crippen LogP contribution >= 0.6 is 22.9 Å². The van der Waals surface area contributed by atoms with E-state index in [0.29, 0.717) is 30.2 Å². The van der Waals surface area contributed by atoms with E-state index in [-0.39, 0.29) is 11.6 Å². The maximum Gasteiger partial charge on any atom is 0.345 e. The average Bonchev–Trinajstić information content (AvgIpc) is 3.32. The van der Waals surface area contributed by atoms with Gasteiger partial charge in [0.15, 0.2) is 0 Å². The van der Waals surface area contributed by atoms with Crippen molar-refractivity contribution in [2.24, 2.45) is 0 Å². The van der Waals surface area contributed by atoms with Crippen LogP contribution in [0.3, 0.4) is 0 Å². The summed E-state index contributed by atoms with van der Waals surface area (Å²) in [5, 5.41) is 10.4. The Kier molecular flexibility index (Phi) is 5.59. The minimum atomic E-state index is -0.215. The number of aryl methyl sites for hydroxylation is 2. The standard InChI is InChI=1S/C19H20ClN5O2S/c20-14-7-5-13(6-8-14)18-22-15(12-28-18)17(26)21-9-3-11-25-19(27)24-10-2-1-4-16(24)23-25/h5-8,12H,1-4,9-11H2,(H,21,26). The molecule has 1 aliphatic heterocycles. The fourth-order valence-electron chi connectivity index (χ4n) is 3.22. The van der Waals surface area contributed by atoms with E-state index in [2.05, 4.69) is 15.4 Å². The van der Waals surface area contributed by atoms with Crippen molar-refractivity contribution in [3.05, 3.63) is 56.7 Å². The number of carbonyl (C=O) groups excluding carboxylic acids is 1. The van der Waals surface area contributed by atoms with Gasteiger partial charge in [0.05, 0.1) is 0 Å². The van der Waals surface area contributed by atoms with Gasteiger partial charge in [0, 0.05) is 42.0 Å². The molecule has 4 rings (SSSR count). The molecule has 1 aliphatic rings. The summed E-state index contributed by atoms with van der Waals surface area (Å²) in [5.74, 6) is 0.658. The first-order valence-electron chi connectivity index (χ1n) is 9.28. The summed E-state index contributed by atoms with van der Waals surface area (Å²) in [7, 11) is 0. The molecule has 7 nitrogen and oxygen atoms in total. The summed E-state index contributed by atoms with van der Waals surface area (Å²) in [6, 6.07) is 7.36. The summed E-state index contributed by atoms with van der Waals surface area (Å²) in [5.41, 5.74) is 1.27. The van der Waals surface area contributed by atoms with Gasteiger partial charge in [-0.1, -0.05) is 23.7 Å². The Morgan fingerprint density at radius 2 is 2.07 bits per heavy atom. The number of rotatable bonds is 6. The van der Waals surface area contributed by atoms with E-state index in [1.54, 1.807) is 22.1 Å². The maximum atomic E-state index is 12.3. The second kappa shape index (κ2) is 8.28. The number of hydrogen-bond acceptors (Lipinski definition) is 5. The fourth-order valence-corrected chi connectivity index (χ4v) is 4.15. The Hall–Kier alpha value is -2.45. The first-order valence-corrected chi connectivity index (χ1v) is 10.5. The number of benzene rings is 1. The van der Waals surface area contributed by atoms with Crippen molar-refractivity contribution in [1.82, 2.24) is 24.6 Å². The molecule has 2 aromatic heterocycles. The molecule has 0 saturated carbocycles. The predicted octanol–water partition coefficient (Wildman–Crippen LogP) is 2.98. The molecule has 0 bridgehead atoms. The predicted molar refractivity (Wildman–Crippen MR) is 109 cm³/mol. The van der Waals surface area contributed by atoms with E-state index in [4.69, 9.17) is 11.6 Å². The Balaban J connectivity index is 1.30. The summed E-state index contributed by atoms with van der Waals surface area (Å²) in [6.07, 6.45) is 3.60. The van der Waals surface area contributed by atoms with Crippen LogP contribution in [0, 0.1) is 0 Å². The molecule has 0 atom stereocenters. The van der Waals surface area contributed by atoms with E-state index in [0.717, 1.165) is 42.2 Å². The van der Waals surface area contributed by atoms with Crippen LogP contribution < -0.4 is 11.0 Å². The van der Waals surface area contributed by atoms with Gasteiger partial charge in [0.1, 0.15) is 16.5 Å². The van der Waals surface area contributed by atoms with Crippen molar-refractivity contribution < 1.29 is 4.79 Å². The molecule has 0 aliphatic carbocycles. The second-order valence-corrected chi connectivity index (χ2v) is 7.98. The molecule has 3 heterocycles. The summed E-state index contributed by atoms with van der Waals surface area (Å²) >= 11 is 7.32. The molecule has 0 radical (unpaired) electrons. The third-order valence-corrected chi connectivity index (χ3v) is 5.84. The third-order valence-electron chi connectivity index (χ3n) is 4.69. The normalized spacial score (nSPS) is 13.3. The van der Waals surface area contributed by atoms with Crippen LogP contribution in [0.15, 0.2) is 34.4 Å². The van der Waals surface area contributed by atoms with Crippen molar-refractivity contribution in [3.8, 4) is 10.6 Å². The SMILES string of the molecule is O=C(NCCCn1nc2n(c1=O)CCCC2)c1csc(-c2ccc(Cl)cc2)n1. The fraction of sp³-hybridized carbons (Fsp3) is 0.368. The van der Waals surface area contributed by atoms with Gasteiger partial charge in [0.25, 0.3) is 5.91 Å². The highest BCUT2D eigenvalue weighted by Gasteiger charge is 2.16. The molecule has 146 valence electrons. The number of halogens is 1. The lowest BCUT2D eigenvalue weighted by Gasteiger charge is -2.09. The number of carbonyl (C=O) groups is 1. The number of fused-ring (bicyclic) bond motifs is 1. The number of hydrogen-bond donors (Lipinski definition) is 1. The zero-order chi connectivity index (χ0) is 19.5. The van der Waals surface area contributed by atoms with E-state index in [1.807, 2.05) is 12.1 Å². The topological polar surface area (TPSA) is 81.8 Å². The van der Waals surface area contributed by atoms with E-state index >= 15 is 0 Å². The van der Waals surface area contributed by atoms with Crippen LogP contribution in [0.5, 0.6) is 0 Å². The van der Waals surface area contributed by atoms with Crippen LogP contribution in [0.2, 0.25) is 5.02 Å². The Morgan fingerprint density at radius 1 is 1.25 bits per heavy atom. The highest BCUT2D eigenvalue weighted by atomic mass is 35.5. The lowest BCUT2D eigenvalue weighted by atomic mass is 10.2. The van der Waals surface area contributed by atoms with Crippen molar-refractivity contribution >= 4 is 28.8 Å². The third kappa shape index (κ3) is 4.02.